The molecule has 21 heavy (non-hydrogen) atoms. The van der Waals surface area contributed by atoms with Gasteiger partial charge in [0.1, 0.15) is 0 Å². The van der Waals surface area contributed by atoms with Gasteiger partial charge < -0.3 is 10.6 Å². The van der Waals surface area contributed by atoms with Crippen LogP contribution in [-0.2, 0) is 20.1 Å². The maximum Gasteiger partial charge on any atom is 0.191 e. The van der Waals surface area contributed by atoms with Crippen LogP contribution in [-0.4, -0.2) is 22.3 Å². The zero-order valence-electron chi connectivity index (χ0n) is 12.3. The number of aryl methyl sites for hydroxylation is 1. The summed E-state index contributed by atoms with van der Waals surface area (Å²) in [6.07, 6.45) is 3.79. The van der Waals surface area contributed by atoms with Crippen LogP contribution in [0.15, 0.2) is 41.7 Å². The van der Waals surface area contributed by atoms with Crippen molar-refractivity contribution < 1.29 is 0 Å². The normalized spacial score (nSPS) is 11.5. The summed E-state index contributed by atoms with van der Waals surface area (Å²) in [7, 11) is 1.90. The Morgan fingerprint density at radius 1 is 1.24 bits per heavy atom. The summed E-state index contributed by atoms with van der Waals surface area (Å²) in [5.74, 6) is 0.788. The smallest absolute Gasteiger partial charge is 0.191 e. The van der Waals surface area contributed by atoms with Crippen molar-refractivity contribution in [1.82, 2.24) is 20.4 Å². The number of hydrogen-bond acceptors (Lipinski definition) is 2. The van der Waals surface area contributed by atoms with E-state index >= 15 is 0 Å². The van der Waals surface area contributed by atoms with Gasteiger partial charge in [-0.1, -0.05) is 23.7 Å². The minimum atomic E-state index is 0.601. The summed E-state index contributed by atoms with van der Waals surface area (Å²) in [4.78, 5) is 4.54. The highest BCUT2D eigenvalue weighted by molar-refractivity contribution is 6.30. The number of benzene rings is 1. The Labute approximate surface area is 130 Å². The topological polar surface area (TPSA) is 54.2 Å². The van der Waals surface area contributed by atoms with Crippen LogP contribution in [0.25, 0.3) is 0 Å². The quantitative estimate of drug-likeness (QED) is 0.658. The van der Waals surface area contributed by atoms with Gasteiger partial charge in [0.05, 0.1) is 12.7 Å². The van der Waals surface area contributed by atoms with E-state index in [1.54, 1.807) is 4.68 Å². The molecule has 1 heterocycles. The van der Waals surface area contributed by atoms with Gasteiger partial charge in [-0.3, -0.25) is 4.68 Å². The Bertz CT molecular complexity index is 588. The van der Waals surface area contributed by atoms with Gasteiger partial charge >= 0.3 is 0 Å². The van der Waals surface area contributed by atoms with Gasteiger partial charge in [-0.15, -0.1) is 0 Å². The van der Waals surface area contributed by atoms with Gasteiger partial charge in [-0.25, -0.2) is 4.99 Å². The summed E-state index contributed by atoms with van der Waals surface area (Å²) in [5, 5.41) is 11.4. The first-order valence-electron chi connectivity index (χ1n) is 6.91. The maximum absolute atomic E-state index is 5.88. The predicted octanol–water partition coefficient (Wildman–Crippen LogP) is 2.33. The summed E-state index contributed by atoms with van der Waals surface area (Å²) >= 11 is 5.88. The molecule has 5 nitrogen and oxygen atoms in total. The van der Waals surface area contributed by atoms with Crippen molar-refractivity contribution in [2.45, 2.75) is 20.0 Å². The van der Waals surface area contributed by atoms with Crippen molar-refractivity contribution in [3.63, 3.8) is 0 Å². The van der Waals surface area contributed by atoms with E-state index in [1.807, 2.05) is 50.6 Å². The number of rotatable bonds is 5. The molecule has 1 aromatic carbocycles. The molecule has 1 aromatic heterocycles. The minimum Gasteiger partial charge on any atom is -0.357 e. The Morgan fingerprint density at radius 2 is 2.00 bits per heavy atom. The maximum atomic E-state index is 5.88. The van der Waals surface area contributed by atoms with Gasteiger partial charge in [0.25, 0.3) is 0 Å². The van der Waals surface area contributed by atoms with E-state index in [4.69, 9.17) is 11.6 Å². The molecule has 0 spiro atoms. The molecule has 0 bridgehead atoms. The van der Waals surface area contributed by atoms with Crippen LogP contribution in [0.3, 0.4) is 0 Å². The van der Waals surface area contributed by atoms with Gasteiger partial charge in [0, 0.05) is 36.9 Å². The van der Waals surface area contributed by atoms with E-state index in [0.717, 1.165) is 28.7 Å². The predicted molar refractivity (Wildman–Crippen MR) is 86.3 cm³/mol. The molecule has 0 amide bonds. The molecule has 0 saturated carbocycles. The Kier molecular flexibility index (Phi) is 5.63. The number of halogens is 1. The third-order valence-electron chi connectivity index (χ3n) is 2.90. The lowest BCUT2D eigenvalue weighted by Gasteiger charge is -2.11. The van der Waals surface area contributed by atoms with Crippen molar-refractivity contribution in [2.75, 3.05) is 6.54 Å². The highest BCUT2D eigenvalue weighted by Gasteiger charge is 2.00. The molecule has 2 aromatic rings. The van der Waals surface area contributed by atoms with E-state index in [2.05, 4.69) is 20.7 Å². The van der Waals surface area contributed by atoms with Crippen molar-refractivity contribution >= 4 is 17.6 Å². The Morgan fingerprint density at radius 3 is 2.62 bits per heavy atom. The van der Waals surface area contributed by atoms with E-state index in [1.165, 1.54) is 0 Å². The number of aromatic nitrogens is 2. The van der Waals surface area contributed by atoms with Crippen LogP contribution in [0.5, 0.6) is 0 Å². The first-order valence-corrected chi connectivity index (χ1v) is 7.29. The van der Waals surface area contributed by atoms with Crippen molar-refractivity contribution in [3.8, 4) is 0 Å². The molecule has 112 valence electrons. The molecular weight excluding hydrogens is 286 g/mol. The van der Waals surface area contributed by atoms with Crippen LogP contribution in [0.2, 0.25) is 5.02 Å². The number of aliphatic imine (C=N–C) groups is 1. The molecule has 0 saturated heterocycles. The monoisotopic (exact) mass is 305 g/mol. The second-order valence-corrected chi connectivity index (χ2v) is 5.13. The Hall–Kier alpha value is -2.01. The number of guanidine groups is 1. The standard InChI is InChI=1S/C15H20ClN5/c1-3-17-15(19-9-13-10-20-21(2)11-13)18-8-12-4-6-14(16)7-5-12/h4-7,10-11H,3,8-9H2,1-2H3,(H2,17,18,19). The molecule has 0 atom stereocenters. The van der Waals surface area contributed by atoms with Crippen LogP contribution < -0.4 is 10.6 Å². The number of nitrogens with one attached hydrogen (secondary N) is 2. The van der Waals surface area contributed by atoms with Crippen LogP contribution in [0.4, 0.5) is 0 Å². The van der Waals surface area contributed by atoms with Crippen LogP contribution in [0, 0.1) is 0 Å². The van der Waals surface area contributed by atoms with E-state index in [9.17, 15) is 0 Å². The Balaban J connectivity index is 1.93. The molecule has 2 rings (SSSR count). The van der Waals surface area contributed by atoms with Crippen molar-refractivity contribution in [2.24, 2.45) is 12.0 Å². The fourth-order valence-corrected chi connectivity index (χ4v) is 1.98. The van der Waals surface area contributed by atoms with Crippen molar-refractivity contribution in [1.29, 1.82) is 0 Å². The third kappa shape index (κ3) is 5.11. The zero-order chi connectivity index (χ0) is 15.1. The van der Waals surface area contributed by atoms with Gasteiger partial charge in [0.2, 0.25) is 0 Å². The molecule has 0 unspecified atom stereocenters. The van der Waals surface area contributed by atoms with Gasteiger partial charge in [0.15, 0.2) is 5.96 Å². The average Bonchev–Trinajstić information content (AvgIpc) is 2.89. The fourth-order valence-electron chi connectivity index (χ4n) is 1.85. The second kappa shape index (κ2) is 7.69. The van der Waals surface area contributed by atoms with Crippen LogP contribution >= 0.6 is 11.6 Å². The molecular formula is C15H20ClN5. The highest BCUT2D eigenvalue weighted by Crippen LogP contribution is 2.09. The lowest BCUT2D eigenvalue weighted by molar-refractivity contribution is 0.766. The summed E-state index contributed by atoms with van der Waals surface area (Å²) in [6.45, 7) is 4.17. The average molecular weight is 306 g/mol. The first-order chi connectivity index (χ1) is 10.2. The second-order valence-electron chi connectivity index (χ2n) is 4.70. The molecule has 0 aliphatic rings. The lowest BCUT2D eigenvalue weighted by Crippen LogP contribution is -2.36. The van der Waals surface area contributed by atoms with Gasteiger partial charge in [-0.05, 0) is 24.6 Å². The molecule has 6 heteroatoms. The van der Waals surface area contributed by atoms with E-state index in [0.29, 0.717) is 13.1 Å². The minimum absolute atomic E-state index is 0.601. The summed E-state index contributed by atoms with van der Waals surface area (Å²) < 4.78 is 1.78. The SMILES string of the molecule is CCNC(=NCc1cnn(C)c1)NCc1ccc(Cl)cc1. The molecule has 0 radical (unpaired) electrons. The van der Waals surface area contributed by atoms with E-state index in [-0.39, 0.29) is 0 Å². The fraction of sp³-hybridized carbons (Fsp3) is 0.333. The van der Waals surface area contributed by atoms with E-state index < -0.39 is 0 Å². The molecule has 0 aliphatic heterocycles. The first kappa shape index (κ1) is 15.4. The highest BCUT2D eigenvalue weighted by atomic mass is 35.5. The largest absolute Gasteiger partial charge is 0.357 e. The van der Waals surface area contributed by atoms with Gasteiger partial charge in [-0.2, -0.15) is 5.10 Å². The zero-order valence-corrected chi connectivity index (χ0v) is 13.1. The number of hydrogen-bond donors (Lipinski definition) is 2. The molecule has 2 N–H and O–H groups in total. The third-order valence-corrected chi connectivity index (χ3v) is 3.15. The summed E-state index contributed by atoms with van der Waals surface area (Å²) in [6, 6.07) is 7.77. The lowest BCUT2D eigenvalue weighted by atomic mass is 10.2. The molecule has 0 aliphatic carbocycles. The van der Waals surface area contributed by atoms with Crippen molar-refractivity contribution in [3.05, 3.63) is 52.8 Å². The molecule has 0 fully saturated rings. The summed E-state index contributed by atoms with van der Waals surface area (Å²) in [5.41, 5.74) is 2.24. The number of nitrogens with zero attached hydrogens (tertiary/aromatic N) is 3. The van der Waals surface area contributed by atoms with Crippen LogP contribution in [0.1, 0.15) is 18.1 Å².